The highest BCUT2D eigenvalue weighted by atomic mass is 32.1. The summed E-state index contributed by atoms with van der Waals surface area (Å²) in [6.07, 6.45) is 2.31. The van der Waals surface area contributed by atoms with Crippen molar-refractivity contribution in [2.75, 3.05) is 18.8 Å². The van der Waals surface area contributed by atoms with Gasteiger partial charge in [0.05, 0.1) is 10.2 Å². The Morgan fingerprint density at radius 1 is 1.50 bits per heavy atom. The van der Waals surface area contributed by atoms with Gasteiger partial charge in [0.2, 0.25) is 0 Å². The van der Waals surface area contributed by atoms with Crippen LogP contribution in [0.3, 0.4) is 0 Å². The molecular formula is C15H19N3OS. The van der Waals surface area contributed by atoms with E-state index in [1.54, 1.807) is 0 Å². The Kier molecular flexibility index (Phi) is 3.38. The molecule has 2 aromatic rings. The Balaban J connectivity index is 1.95. The Labute approximate surface area is 122 Å². The van der Waals surface area contributed by atoms with E-state index in [0.29, 0.717) is 11.0 Å². The SMILES string of the molecule is Cc1cc(C(=O)N2CCC[C@H](C)C2)cc2sc(N)nc12. The molecule has 0 unspecified atom stereocenters. The van der Waals surface area contributed by atoms with Crippen LogP contribution in [0.5, 0.6) is 0 Å². The van der Waals surface area contributed by atoms with Crippen molar-refractivity contribution in [2.24, 2.45) is 5.92 Å². The molecule has 0 aliphatic carbocycles. The maximum Gasteiger partial charge on any atom is 0.253 e. The van der Waals surface area contributed by atoms with E-state index in [0.717, 1.165) is 40.9 Å². The summed E-state index contributed by atoms with van der Waals surface area (Å²) in [6, 6.07) is 3.86. The molecule has 2 heterocycles. The quantitative estimate of drug-likeness (QED) is 0.877. The first-order valence-corrected chi connectivity index (χ1v) is 7.82. The van der Waals surface area contributed by atoms with Crippen LogP contribution in [0.1, 0.15) is 35.7 Å². The number of amides is 1. The molecule has 1 aromatic carbocycles. The highest BCUT2D eigenvalue weighted by molar-refractivity contribution is 7.22. The average molecular weight is 289 g/mol. The number of benzene rings is 1. The van der Waals surface area contributed by atoms with Crippen LogP contribution >= 0.6 is 11.3 Å². The van der Waals surface area contributed by atoms with Crippen molar-refractivity contribution >= 4 is 32.6 Å². The Morgan fingerprint density at radius 3 is 3.05 bits per heavy atom. The van der Waals surface area contributed by atoms with Crippen LogP contribution in [0.15, 0.2) is 12.1 Å². The fourth-order valence-corrected chi connectivity index (χ4v) is 3.75. The van der Waals surface area contributed by atoms with Crippen LogP contribution in [-0.2, 0) is 0 Å². The smallest absolute Gasteiger partial charge is 0.253 e. The fraction of sp³-hybridized carbons (Fsp3) is 0.467. The number of likely N-dealkylation sites (tertiary alicyclic amines) is 1. The summed E-state index contributed by atoms with van der Waals surface area (Å²) >= 11 is 1.44. The number of aryl methyl sites for hydroxylation is 1. The van der Waals surface area contributed by atoms with Crippen molar-refractivity contribution in [1.82, 2.24) is 9.88 Å². The van der Waals surface area contributed by atoms with E-state index >= 15 is 0 Å². The molecule has 1 saturated heterocycles. The number of hydrogen-bond acceptors (Lipinski definition) is 4. The second kappa shape index (κ2) is 5.05. The topological polar surface area (TPSA) is 59.2 Å². The van der Waals surface area contributed by atoms with Gasteiger partial charge < -0.3 is 10.6 Å². The molecular weight excluding hydrogens is 270 g/mol. The van der Waals surface area contributed by atoms with E-state index in [1.807, 2.05) is 24.0 Å². The van der Waals surface area contributed by atoms with Gasteiger partial charge in [0.25, 0.3) is 5.91 Å². The Morgan fingerprint density at radius 2 is 2.30 bits per heavy atom. The summed E-state index contributed by atoms with van der Waals surface area (Å²) in [5.41, 5.74) is 8.45. The van der Waals surface area contributed by atoms with Crippen LogP contribution in [0.25, 0.3) is 10.2 Å². The zero-order chi connectivity index (χ0) is 14.3. The van der Waals surface area contributed by atoms with E-state index in [2.05, 4.69) is 11.9 Å². The number of carbonyl (C=O) groups is 1. The van der Waals surface area contributed by atoms with Crippen LogP contribution < -0.4 is 5.73 Å². The van der Waals surface area contributed by atoms with Gasteiger partial charge in [-0.25, -0.2) is 4.98 Å². The minimum atomic E-state index is 0.133. The minimum absolute atomic E-state index is 0.133. The number of rotatable bonds is 1. The molecule has 1 aliphatic rings. The highest BCUT2D eigenvalue weighted by Gasteiger charge is 2.22. The first kappa shape index (κ1) is 13.4. The zero-order valence-corrected chi connectivity index (χ0v) is 12.7. The third kappa shape index (κ3) is 2.38. The van der Waals surface area contributed by atoms with Gasteiger partial charge in [-0.15, -0.1) is 0 Å². The number of nitrogen functional groups attached to an aromatic ring is 1. The average Bonchev–Trinajstić information content (AvgIpc) is 2.79. The number of fused-ring (bicyclic) bond motifs is 1. The summed E-state index contributed by atoms with van der Waals surface area (Å²) in [6.45, 7) is 5.92. The summed E-state index contributed by atoms with van der Waals surface area (Å²) in [4.78, 5) is 18.9. The molecule has 1 fully saturated rings. The van der Waals surface area contributed by atoms with Gasteiger partial charge in [-0.05, 0) is 43.4 Å². The second-order valence-corrected chi connectivity index (χ2v) is 6.75. The van der Waals surface area contributed by atoms with Gasteiger partial charge in [0, 0.05) is 18.7 Å². The van der Waals surface area contributed by atoms with Crippen LogP contribution in [-0.4, -0.2) is 28.9 Å². The van der Waals surface area contributed by atoms with Crippen molar-refractivity contribution in [1.29, 1.82) is 0 Å². The van der Waals surface area contributed by atoms with Gasteiger partial charge in [-0.1, -0.05) is 18.3 Å². The standard InChI is InChI=1S/C15H19N3OS/c1-9-4-3-5-18(8-9)14(19)11-6-10(2)13-12(7-11)20-15(16)17-13/h6-7,9H,3-5,8H2,1-2H3,(H2,16,17)/t9-/m0/s1. The molecule has 106 valence electrons. The maximum absolute atomic E-state index is 12.6. The molecule has 1 atom stereocenters. The number of anilines is 1. The van der Waals surface area contributed by atoms with Gasteiger partial charge in [-0.2, -0.15) is 0 Å². The number of thiazole rings is 1. The molecule has 0 bridgehead atoms. The lowest BCUT2D eigenvalue weighted by molar-refractivity contribution is 0.0683. The number of nitrogens with zero attached hydrogens (tertiary/aromatic N) is 2. The molecule has 4 nitrogen and oxygen atoms in total. The predicted molar refractivity (Wildman–Crippen MR) is 83.1 cm³/mol. The first-order chi connectivity index (χ1) is 9.54. The second-order valence-electron chi connectivity index (χ2n) is 5.69. The molecule has 0 spiro atoms. The van der Waals surface area contributed by atoms with E-state index in [9.17, 15) is 4.79 Å². The fourth-order valence-electron chi connectivity index (χ4n) is 2.89. The van der Waals surface area contributed by atoms with E-state index in [4.69, 9.17) is 5.73 Å². The van der Waals surface area contributed by atoms with Crippen molar-refractivity contribution in [2.45, 2.75) is 26.7 Å². The lowest BCUT2D eigenvalue weighted by atomic mass is 9.99. The van der Waals surface area contributed by atoms with Crippen LogP contribution in [0, 0.1) is 12.8 Å². The minimum Gasteiger partial charge on any atom is -0.375 e. The normalized spacial score (nSPS) is 19.5. The van der Waals surface area contributed by atoms with Crippen molar-refractivity contribution in [3.8, 4) is 0 Å². The molecule has 2 N–H and O–H groups in total. The zero-order valence-electron chi connectivity index (χ0n) is 11.8. The molecule has 1 aromatic heterocycles. The largest absolute Gasteiger partial charge is 0.375 e. The third-order valence-electron chi connectivity index (χ3n) is 3.89. The molecule has 3 rings (SSSR count). The lowest BCUT2D eigenvalue weighted by Gasteiger charge is -2.31. The maximum atomic E-state index is 12.6. The third-order valence-corrected chi connectivity index (χ3v) is 4.72. The highest BCUT2D eigenvalue weighted by Crippen LogP contribution is 2.28. The molecule has 0 saturated carbocycles. The Hall–Kier alpha value is -1.62. The molecule has 1 amide bonds. The van der Waals surface area contributed by atoms with Crippen molar-refractivity contribution in [3.63, 3.8) is 0 Å². The number of aromatic nitrogens is 1. The number of hydrogen-bond donors (Lipinski definition) is 1. The van der Waals surface area contributed by atoms with Gasteiger partial charge in [-0.3, -0.25) is 4.79 Å². The number of carbonyl (C=O) groups excluding carboxylic acids is 1. The van der Waals surface area contributed by atoms with Gasteiger partial charge >= 0.3 is 0 Å². The summed E-state index contributed by atoms with van der Waals surface area (Å²) < 4.78 is 0.996. The van der Waals surface area contributed by atoms with E-state index < -0.39 is 0 Å². The lowest BCUT2D eigenvalue weighted by Crippen LogP contribution is -2.39. The molecule has 20 heavy (non-hydrogen) atoms. The van der Waals surface area contributed by atoms with Crippen molar-refractivity contribution in [3.05, 3.63) is 23.3 Å². The Bertz CT molecular complexity index is 664. The van der Waals surface area contributed by atoms with Crippen LogP contribution in [0.2, 0.25) is 0 Å². The van der Waals surface area contributed by atoms with Crippen LogP contribution in [0.4, 0.5) is 5.13 Å². The molecule has 1 aliphatic heterocycles. The van der Waals surface area contributed by atoms with Gasteiger partial charge in [0.1, 0.15) is 0 Å². The summed E-state index contributed by atoms with van der Waals surface area (Å²) in [5, 5.41) is 0.555. The number of piperidine rings is 1. The summed E-state index contributed by atoms with van der Waals surface area (Å²) in [7, 11) is 0. The number of nitrogens with two attached hydrogens (primary N) is 1. The summed E-state index contributed by atoms with van der Waals surface area (Å²) in [5.74, 6) is 0.727. The van der Waals surface area contributed by atoms with E-state index in [-0.39, 0.29) is 5.91 Å². The van der Waals surface area contributed by atoms with Crippen molar-refractivity contribution < 1.29 is 4.79 Å². The molecule has 0 radical (unpaired) electrons. The molecule has 5 heteroatoms. The first-order valence-electron chi connectivity index (χ1n) is 7.00. The van der Waals surface area contributed by atoms with E-state index in [1.165, 1.54) is 17.8 Å². The predicted octanol–water partition coefficient (Wildman–Crippen LogP) is 3.06. The monoisotopic (exact) mass is 289 g/mol. The van der Waals surface area contributed by atoms with Gasteiger partial charge in [0.15, 0.2) is 5.13 Å².